The third-order valence-corrected chi connectivity index (χ3v) is 5.75. The molecule has 4 heterocycles. The Hall–Kier alpha value is -1.79. The fourth-order valence-corrected chi connectivity index (χ4v) is 4.18. The molecule has 0 aromatic carbocycles. The van der Waals surface area contributed by atoms with E-state index in [1.54, 1.807) is 6.20 Å². The molecule has 6 heteroatoms. The van der Waals surface area contributed by atoms with Crippen molar-refractivity contribution in [3.63, 3.8) is 0 Å². The van der Waals surface area contributed by atoms with Crippen LogP contribution in [0.15, 0.2) is 28.9 Å². The van der Waals surface area contributed by atoms with Gasteiger partial charge in [-0.15, -0.1) is 0 Å². The van der Waals surface area contributed by atoms with Crippen LogP contribution in [0.5, 0.6) is 0 Å². The predicted octanol–water partition coefficient (Wildman–Crippen LogP) is 3.04. The van der Waals surface area contributed by atoms with Crippen molar-refractivity contribution >= 4 is 0 Å². The van der Waals surface area contributed by atoms with Gasteiger partial charge in [0.25, 0.3) is 0 Å². The van der Waals surface area contributed by atoms with Gasteiger partial charge in [0, 0.05) is 31.7 Å². The van der Waals surface area contributed by atoms with Gasteiger partial charge in [-0.1, -0.05) is 18.1 Å². The molecule has 2 aromatic heterocycles. The van der Waals surface area contributed by atoms with Crippen molar-refractivity contribution in [2.75, 3.05) is 39.3 Å². The highest BCUT2D eigenvalue weighted by Crippen LogP contribution is 2.28. The molecule has 0 amide bonds. The number of rotatable bonds is 5. The largest absolute Gasteiger partial charge is 0.339 e. The smallest absolute Gasteiger partial charge is 0.230 e. The van der Waals surface area contributed by atoms with Crippen molar-refractivity contribution in [3.8, 4) is 11.5 Å². The van der Waals surface area contributed by atoms with E-state index >= 15 is 0 Å². The van der Waals surface area contributed by atoms with Gasteiger partial charge in [0.2, 0.25) is 11.7 Å². The average Bonchev–Trinajstić information content (AvgIpc) is 3.18. The minimum absolute atomic E-state index is 0.381. The predicted molar refractivity (Wildman–Crippen MR) is 101 cm³/mol. The molecule has 1 atom stereocenters. The molecule has 26 heavy (non-hydrogen) atoms. The Bertz CT molecular complexity index is 681. The highest BCUT2D eigenvalue weighted by atomic mass is 16.5. The van der Waals surface area contributed by atoms with E-state index in [9.17, 15) is 0 Å². The lowest BCUT2D eigenvalue weighted by Crippen LogP contribution is -2.42. The Kier molecular flexibility index (Phi) is 5.60. The normalized spacial score (nSPS) is 23.3. The summed E-state index contributed by atoms with van der Waals surface area (Å²) in [6, 6.07) is 5.75. The first-order valence-electron chi connectivity index (χ1n) is 9.97. The SMILES string of the molecule is C[C@H]1CCCN(CCN2CCC(c3nc(-c4ccccn4)no3)CC2)C1. The molecule has 0 saturated carbocycles. The number of aromatic nitrogens is 3. The number of pyridine rings is 1. The van der Waals surface area contributed by atoms with Gasteiger partial charge >= 0.3 is 0 Å². The van der Waals surface area contributed by atoms with Gasteiger partial charge in [0.15, 0.2) is 0 Å². The van der Waals surface area contributed by atoms with Gasteiger partial charge in [0.1, 0.15) is 5.69 Å². The van der Waals surface area contributed by atoms with Crippen LogP contribution in [0.1, 0.15) is 44.4 Å². The van der Waals surface area contributed by atoms with Crippen LogP contribution < -0.4 is 0 Å². The first-order valence-corrected chi connectivity index (χ1v) is 9.97. The lowest BCUT2D eigenvalue weighted by atomic mass is 9.96. The second-order valence-corrected chi connectivity index (χ2v) is 7.84. The van der Waals surface area contributed by atoms with Crippen LogP contribution in [0.2, 0.25) is 0 Å². The van der Waals surface area contributed by atoms with Gasteiger partial charge in [-0.3, -0.25) is 4.98 Å². The maximum atomic E-state index is 5.53. The van der Waals surface area contributed by atoms with Gasteiger partial charge in [-0.05, 0) is 63.4 Å². The Labute approximate surface area is 155 Å². The van der Waals surface area contributed by atoms with E-state index in [0.29, 0.717) is 11.7 Å². The minimum atomic E-state index is 0.381. The summed E-state index contributed by atoms with van der Waals surface area (Å²) in [6.07, 6.45) is 6.71. The maximum Gasteiger partial charge on any atom is 0.230 e. The topological polar surface area (TPSA) is 58.3 Å². The highest BCUT2D eigenvalue weighted by Gasteiger charge is 2.26. The fraction of sp³-hybridized carbons (Fsp3) is 0.650. The molecule has 2 aliphatic heterocycles. The zero-order valence-electron chi connectivity index (χ0n) is 15.7. The lowest BCUT2D eigenvalue weighted by molar-refractivity contribution is 0.136. The van der Waals surface area contributed by atoms with Gasteiger partial charge in [-0.2, -0.15) is 4.98 Å². The summed E-state index contributed by atoms with van der Waals surface area (Å²) in [5.41, 5.74) is 0.774. The number of hydrogen-bond donors (Lipinski definition) is 0. The minimum Gasteiger partial charge on any atom is -0.339 e. The number of hydrogen-bond acceptors (Lipinski definition) is 6. The fourth-order valence-electron chi connectivity index (χ4n) is 4.18. The quantitative estimate of drug-likeness (QED) is 0.822. The molecule has 2 fully saturated rings. The molecule has 0 bridgehead atoms. The molecule has 2 aromatic rings. The molecular formula is C20H29N5O. The standard InChI is InChI=1S/C20H29N5O/c1-16-5-4-10-25(15-16)14-13-24-11-7-17(8-12-24)20-22-19(23-26-20)18-6-2-3-9-21-18/h2-3,6,9,16-17H,4-5,7-8,10-15H2,1H3/t16-/m0/s1. The Morgan fingerprint density at radius 3 is 2.69 bits per heavy atom. The molecule has 140 valence electrons. The summed E-state index contributed by atoms with van der Waals surface area (Å²) in [5, 5.41) is 4.12. The van der Waals surface area contributed by atoms with E-state index in [0.717, 1.165) is 43.4 Å². The van der Waals surface area contributed by atoms with Crippen LogP contribution in [0.3, 0.4) is 0 Å². The molecule has 2 aliphatic rings. The summed E-state index contributed by atoms with van der Waals surface area (Å²) in [7, 11) is 0. The summed E-state index contributed by atoms with van der Waals surface area (Å²) >= 11 is 0. The van der Waals surface area contributed by atoms with E-state index in [-0.39, 0.29) is 0 Å². The Morgan fingerprint density at radius 1 is 1.08 bits per heavy atom. The van der Waals surface area contributed by atoms with Crippen molar-refractivity contribution < 1.29 is 4.52 Å². The molecular weight excluding hydrogens is 326 g/mol. The molecule has 6 nitrogen and oxygen atoms in total. The Morgan fingerprint density at radius 2 is 1.92 bits per heavy atom. The van der Waals surface area contributed by atoms with Crippen LogP contribution in [-0.2, 0) is 0 Å². The zero-order valence-corrected chi connectivity index (χ0v) is 15.7. The number of likely N-dealkylation sites (tertiary alicyclic amines) is 2. The highest BCUT2D eigenvalue weighted by molar-refractivity contribution is 5.47. The molecule has 2 saturated heterocycles. The van der Waals surface area contributed by atoms with Gasteiger partial charge in [0.05, 0.1) is 0 Å². The third-order valence-electron chi connectivity index (χ3n) is 5.75. The zero-order chi connectivity index (χ0) is 17.8. The van der Waals surface area contributed by atoms with Crippen LogP contribution in [-0.4, -0.2) is 64.2 Å². The molecule has 0 radical (unpaired) electrons. The monoisotopic (exact) mass is 355 g/mol. The van der Waals surface area contributed by atoms with Crippen molar-refractivity contribution in [2.24, 2.45) is 5.92 Å². The molecule has 0 aliphatic carbocycles. The third kappa shape index (κ3) is 4.30. The first kappa shape index (κ1) is 17.6. The molecule has 4 rings (SSSR count). The second-order valence-electron chi connectivity index (χ2n) is 7.84. The average molecular weight is 355 g/mol. The van der Waals surface area contributed by atoms with Crippen molar-refractivity contribution in [1.82, 2.24) is 24.9 Å². The Balaban J connectivity index is 1.25. The first-order chi connectivity index (χ1) is 12.8. The van der Waals surface area contributed by atoms with E-state index in [2.05, 4.69) is 31.8 Å². The summed E-state index contributed by atoms with van der Waals surface area (Å²) in [6.45, 7) is 9.56. The summed E-state index contributed by atoms with van der Waals surface area (Å²) < 4.78 is 5.53. The van der Waals surface area contributed by atoms with Crippen molar-refractivity contribution in [1.29, 1.82) is 0 Å². The van der Waals surface area contributed by atoms with Gasteiger partial charge < -0.3 is 14.3 Å². The summed E-state index contributed by atoms with van der Waals surface area (Å²) in [5.74, 6) is 2.61. The van der Waals surface area contributed by atoms with Crippen molar-refractivity contribution in [2.45, 2.75) is 38.5 Å². The molecule has 0 N–H and O–H groups in total. The maximum absolute atomic E-state index is 5.53. The second kappa shape index (κ2) is 8.27. The van der Waals surface area contributed by atoms with Crippen LogP contribution >= 0.6 is 0 Å². The van der Waals surface area contributed by atoms with Crippen LogP contribution in [0.4, 0.5) is 0 Å². The van der Waals surface area contributed by atoms with Crippen LogP contribution in [0, 0.1) is 5.92 Å². The molecule has 0 spiro atoms. The van der Waals surface area contributed by atoms with Crippen molar-refractivity contribution in [3.05, 3.63) is 30.3 Å². The van der Waals surface area contributed by atoms with E-state index < -0.39 is 0 Å². The summed E-state index contributed by atoms with van der Waals surface area (Å²) in [4.78, 5) is 14.1. The van der Waals surface area contributed by atoms with Crippen LogP contribution in [0.25, 0.3) is 11.5 Å². The van der Waals surface area contributed by atoms with E-state index in [1.165, 1.54) is 39.0 Å². The number of piperidine rings is 2. The van der Waals surface area contributed by atoms with E-state index in [4.69, 9.17) is 4.52 Å². The van der Waals surface area contributed by atoms with E-state index in [1.807, 2.05) is 18.2 Å². The van der Waals surface area contributed by atoms with Gasteiger partial charge in [-0.25, -0.2) is 0 Å². The lowest BCUT2D eigenvalue weighted by Gasteiger charge is -2.35. The molecule has 0 unspecified atom stereocenters. The number of nitrogens with zero attached hydrogens (tertiary/aromatic N) is 5.